The quantitative estimate of drug-likeness (QED) is 0.861. The summed E-state index contributed by atoms with van der Waals surface area (Å²) in [5.41, 5.74) is 0.839. The van der Waals surface area contributed by atoms with Gasteiger partial charge >= 0.3 is 5.97 Å². The number of carbonyl (C=O) groups excluding carboxylic acids is 1. The number of carbonyl (C=O) groups is 1. The zero-order chi connectivity index (χ0) is 17.6. The van der Waals surface area contributed by atoms with Crippen LogP contribution in [0.4, 0.5) is 0 Å². The predicted octanol–water partition coefficient (Wildman–Crippen LogP) is 1.68. The van der Waals surface area contributed by atoms with Crippen LogP contribution in [0.2, 0.25) is 0 Å². The van der Waals surface area contributed by atoms with Crippen LogP contribution in [0.25, 0.3) is 0 Å². The van der Waals surface area contributed by atoms with Gasteiger partial charge in [0.2, 0.25) is 0 Å². The molecule has 126 valence electrons. The summed E-state index contributed by atoms with van der Waals surface area (Å²) in [5.74, 6) is -0.218. The number of pyridine rings is 1. The molecule has 1 aliphatic heterocycles. The second-order valence-electron chi connectivity index (χ2n) is 5.50. The molecular formula is C17H17NO6. The van der Waals surface area contributed by atoms with Gasteiger partial charge in [0.25, 0.3) is 5.56 Å². The van der Waals surface area contributed by atoms with Crippen molar-refractivity contribution < 1.29 is 24.1 Å². The summed E-state index contributed by atoms with van der Waals surface area (Å²) >= 11 is 0. The highest BCUT2D eigenvalue weighted by molar-refractivity contribution is 5.98. The average molecular weight is 331 g/mol. The summed E-state index contributed by atoms with van der Waals surface area (Å²) in [7, 11) is 4.47. The third-order valence-electron chi connectivity index (χ3n) is 4.24. The summed E-state index contributed by atoms with van der Waals surface area (Å²) in [4.78, 5) is 24.9. The Hall–Kier alpha value is -2.96. The monoisotopic (exact) mass is 331 g/mol. The molecule has 7 nitrogen and oxygen atoms in total. The van der Waals surface area contributed by atoms with Crippen LogP contribution in [0.3, 0.4) is 0 Å². The van der Waals surface area contributed by atoms with E-state index >= 15 is 0 Å². The molecule has 1 N–H and O–H groups in total. The fraction of sp³-hybridized carbons (Fsp3) is 0.294. The molecule has 0 spiro atoms. The second kappa shape index (κ2) is 5.59. The highest BCUT2D eigenvalue weighted by atomic mass is 16.6. The van der Waals surface area contributed by atoms with Crippen LogP contribution in [-0.2, 0) is 11.8 Å². The number of aromatic hydroxyl groups is 1. The normalized spacial score (nSPS) is 15.8. The minimum absolute atomic E-state index is 0.0161. The standard InChI is InChI=1S/C17H17NO6/c1-8-7-10(19)13(16(20)18(8)2)14-9-5-6-11(22-3)15(23-4)12(9)17(21)24-14/h5-7,14,19H,1-4H3. The van der Waals surface area contributed by atoms with Crippen LogP contribution in [0.5, 0.6) is 17.2 Å². The van der Waals surface area contributed by atoms with E-state index in [4.69, 9.17) is 14.2 Å². The number of methoxy groups -OCH3 is 2. The lowest BCUT2D eigenvalue weighted by molar-refractivity contribution is 0.0448. The highest BCUT2D eigenvalue weighted by Crippen LogP contribution is 2.45. The second-order valence-corrected chi connectivity index (χ2v) is 5.50. The fourth-order valence-electron chi connectivity index (χ4n) is 2.88. The molecule has 1 unspecified atom stereocenters. The molecule has 0 bridgehead atoms. The summed E-state index contributed by atoms with van der Waals surface area (Å²) in [5, 5.41) is 10.2. The van der Waals surface area contributed by atoms with Gasteiger partial charge in [0.15, 0.2) is 17.6 Å². The Bertz CT molecular complexity index is 899. The van der Waals surface area contributed by atoms with Crippen LogP contribution in [0.1, 0.15) is 33.3 Å². The van der Waals surface area contributed by atoms with E-state index < -0.39 is 17.6 Å². The summed E-state index contributed by atoms with van der Waals surface area (Å²) in [6.45, 7) is 1.70. The Morgan fingerprint density at radius 1 is 1.21 bits per heavy atom. The molecule has 24 heavy (non-hydrogen) atoms. The number of rotatable bonds is 3. The molecule has 1 aliphatic rings. The number of fused-ring (bicyclic) bond motifs is 1. The lowest BCUT2D eigenvalue weighted by atomic mass is 9.98. The van der Waals surface area contributed by atoms with E-state index in [0.717, 1.165) is 0 Å². The number of benzene rings is 1. The SMILES string of the molecule is COc1ccc2c(c1OC)C(=O)OC2c1c(O)cc(C)n(C)c1=O. The zero-order valence-electron chi connectivity index (χ0n) is 13.7. The van der Waals surface area contributed by atoms with E-state index in [1.807, 2.05) is 0 Å². The maximum atomic E-state index is 12.5. The summed E-state index contributed by atoms with van der Waals surface area (Å²) < 4.78 is 17.2. The van der Waals surface area contributed by atoms with Gasteiger partial charge in [-0.25, -0.2) is 4.79 Å². The number of nitrogens with zero attached hydrogens (tertiary/aromatic N) is 1. The first-order valence-corrected chi connectivity index (χ1v) is 7.26. The van der Waals surface area contributed by atoms with E-state index in [0.29, 0.717) is 17.0 Å². The van der Waals surface area contributed by atoms with Crippen molar-refractivity contribution in [3.8, 4) is 17.2 Å². The van der Waals surface area contributed by atoms with E-state index in [2.05, 4.69) is 0 Å². The number of aromatic nitrogens is 1. The number of ether oxygens (including phenoxy) is 3. The van der Waals surface area contributed by atoms with Gasteiger partial charge in [-0.3, -0.25) is 4.79 Å². The van der Waals surface area contributed by atoms with Gasteiger partial charge in [0, 0.05) is 18.3 Å². The average Bonchev–Trinajstić information content (AvgIpc) is 2.88. The van der Waals surface area contributed by atoms with Crippen LogP contribution in [0.15, 0.2) is 23.0 Å². The van der Waals surface area contributed by atoms with Gasteiger partial charge in [-0.05, 0) is 19.1 Å². The topological polar surface area (TPSA) is 87.0 Å². The lowest BCUT2D eigenvalue weighted by Crippen LogP contribution is -2.25. The molecule has 0 radical (unpaired) electrons. The number of aryl methyl sites for hydroxylation is 1. The Balaban J connectivity index is 2.26. The van der Waals surface area contributed by atoms with E-state index in [1.54, 1.807) is 26.1 Å². The maximum Gasteiger partial charge on any atom is 0.343 e. The van der Waals surface area contributed by atoms with Crippen molar-refractivity contribution in [1.82, 2.24) is 4.57 Å². The zero-order valence-corrected chi connectivity index (χ0v) is 13.7. The highest BCUT2D eigenvalue weighted by Gasteiger charge is 2.39. The molecule has 1 aromatic carbocycles. The van der Waals surface area contributed by atoms with E-state index in [1.165, 1.54) is 24.9 Å². The van der Waals surface area contributed by atoms with Gasteiger partial charge in [-0.1, -0.05) is 6.07 Å². The molecule has 2 heterocycles. The Kier molecular flexibility index (Phi) is 3.71. The Labute approximate surface area is 138 Å². The fourth-order valence-corrected chi connectivity index (χ4v) is 2.88. The minimum Gasteiger partial charge on any atom is -0.507 e. The maximum absolute atomic E-state index is 12.5. The summed E-state index contributed by atoms with van der Waals surface area (Å²) in [6, 6.07) is 4.72. The van der Waals surface area contributed by atoms with Gasteiger partial charge in [-0.15, -0.1) is 0 Å². The van der Waals surface area contributed by atoms with Crippen LogP contribution < -0.4 is 15.0 Å². The van der Waals surface area contributed by atoms with Crippen LogP contribution in [0, 0.1) is 6.92 Å². The number of hydrogen-bond donors (Lipinski definition) is 1. The predicted molar refractivity (Wildman–Crippen MR) is 84.9 cm³/mol. The molecule has 0 fully saturated rings. The first-order chi connectivity index (χ1) is 11.4. The molecule has 0 saturated heterocycles. The third-order valence-corrected chi connectivity index (χ3v) is 4.24. The van der Waals surface area contributed by atoms with Gasteiger partial charge in [0.05, 0.1) is 14.2 Å². The minimum atomic E-state index is -0.994. The summed E-state index contributed by atoms with van der Waals surface area (Å²) in [6.07, 6.45) is -0.994. The van der Waals surface area contributed by atoms with Crippen molar-refractivity contribution in [1.29, 1.82) is 0 Å². The van der Waals surface area contributed by atoms with Gasteiger partial charge in [-0.2, -0.15) is 0 Å². The Morgan fingerprint density at radius 2 is 1.92 bits per heavy atom. The Morgan fingerprint density at radius 3 is 2.54 bits per heavy atom. The molecule has 0 amide bonds. The molecule has 7 heteroatoms. The molecule has 0 saturated carbocycles. The molecular weight excluding hydrogens is 314 g/mol. The number of esters is 1. The van der Waals surface area contributed by atoms with Crippen LogP contribution >= 0.6 is 0 Å². The van der Waals surface area contributed by atoms with E-state index in [9.17, 15) is 14.7 Å². The van der Waals surface area contributed by atoms with Crippen molar-refractivity contribution in [2.75, 3.05) is 14.2 Å². The molecule has 1 atom stereocenters. The first kappa shape index (κ1) is 15.9. The van der Waals surface area contributed by atoms with Gasteiger partial charge < -0.3 is 23.9 Å². The molecule has 2 aromatic rings. The largest absolute Gasteiger partial charge is 0.507 e. The third kappa shape index (κ3) is 2.12. The van der Waals surface area contributed by atoms with Crippen LogP contribution in [-0.4, -0.2) is 29.9 Å². The molecule has 3 rings (SSSR count). The smallest absolute Gasteiger partial charge is 0.343 e. The van der Waals surface area contributed by atoms with Crippen molar-refractivity contribution in [2.45, 2.75) is 13.0 Å². The van der Waals surface area contributed by atoms with Crippen molar-refractivity contribution in [3.05, 3.63) is 50.9 Å². The van der Waals surface area contributed by atoms with E-state index in [-0.39, 0.29) is 22.6 Å². The van der Waals surface area contributed by atoms with Gasteiger partial charge in [0.1, 0.15) is 16.9 Å². The molecule has 0 aliphatic carbocycles. The molecule has 1 aromatic heterocycles. The van der Waals surface area contributed by atoms with Crippen molar-refractivity contribution >= 4 is 5.97 Å². The van der Waals surface area contributed by atoms with Crippen molar-refractivity contribution in [2.24, 2.45) is 7.05 Å². The first-order valence-electron chi connectivity index (χ1n) is 7.26. The van der Waals surface area contributed by atoms with Crippen molar-refractivity contribution in [3.63, 3.8) is 0 Å². The lowest BCUT2D eigenvalue weighted by Gasteiger charge is -2.15. The number of cyclic esters (lactones) is 1. The number of hydrogen-bond acceptors (Lipinski definition) is 6.